The van der Waals surface area contributed by atoms with E-state index in [4.69, 9.17) is 15.2 Å². The number of halogens is 1. The summed E-state index contributed by atoms with van der Waals surface area (Å²) in [5, 5.41) is 9.51. The van der Waals surface area contributed by atoms with Gasteiger partial charge in [0.05, 0.1) is 19.8 Å². The van der Waals surface area contributed by atoms with E-state index in [1.165, 1.54) is 14.2 Å². The molecule has 0 amide bonds. The second kappa shape index (κ2) is 4.35. The maximum atomic E-state index is 13.3. The predicted octanol–water partition coefficient (Wildman–Crippen LogP) is 1.57. The Kier molecular flexibility index (Phi) is 3.36. The lowest BCUT2D eigenvalue weighted by Gasteiger charge is -2.16. The minimum absolute atomic E-state index is 0.203. The topological polar surface area (TPSA) is 64.7 Å². The molecule has 0 saturated carbocycles. The first-order chi connectivity index (χ1) is 7.02. The molecule has 1 atom stereocenters. The van der Waals surface area contributed by atoms with E-state index >= 15 is 0 Å². The van der Waals surface area contributed by atoms with Crippen LogP contribution in [-0.4, -0.2) is 19.3 Å². The van der Waals surface area contributed by atoms with Crippen molar-refractivity contribution in [2.75, 3.05) is 14.2 Å². The molecule has 0 spiro atoms. The highest BCUT2D eigenvalue weighted by molar-refractivity contribution is 5.55. The summed E-state index contributed by atoms with van der Waals surface area (Å²) in [6.07, 6.45) is 0. The molecule has 0 aliphatic heterocycles. The average molecular weight is 215 g/mol. The molecule has 0 aliphatic carbocycles. The van der Waals surface area contributed by atoms with Crippen LogP contribution in [0.25, 0.3) is 0 Å². The second-order valence-corrected chi connectivity index (χ2v) is 3.14. The molecule has 0 fully saturated rings. The van der Waals surface area contributed by atoms with Gasteiger partial charge in [-0.2, -0.15) is 0 Å². The lowest BCUT2D eigenvalue weighted by molar-refractivity contribution is 0.337. The molecule has 1 aromatic rings. The van der Waals surface area contributed by atoms with Crippen LogP contribution in [0.2, 0.25) is 0 Å². The molecule has 1 unspecified atom stereocenters. The maximum absolute atomic E-state index is 13.3. The van der Waals surface area contributed by atoms with Crippen LogP contribution in [0.1, 0.15) is 18.5 Å². The van der Waals surface area contributed by atoms with Crippen molar-refractivity contribution in [2.24, 2.45) is 5.73 Å². The highest BCUT2D eigenvalue weighted by Crippen LogP contribution is 2.41. The van der Waals surface area contributed by atoms with Crippen LogP contribution in [0.3, 0.4) is 0 Å². The molecule has 0 heterocycles. The summed E-state index contributed by atoms with van der Waals surface area (Å²) in [6, 6.07) is 0.504. The highest BCUT2D eigenvalue weighted by Gasteiger charge is 2.21. The SMILES string of the molecule is COc1cc(F)c(O)c(C(C)N)c1OC. The van der Waals surface area contributed by atoms with Gasteiger partial charge in [0.1, 0.15) is 0 Å². The molecule has 4 nitrogen and oxygen atoms in total. The van der Waals surface area contributed by atoms with E-state index in [9.17, 15) is 9.50 Å². The molecule has 84 valence electrons. The van der Waals surface area contributed by atoms with Crippen LogP contribution >= 0.6 is 0 Å². The summed E-state index contributed by atoms with van der Waals surface area (Å²) < 4.78 is 23.2. The van der Waals surface area contributed by atoms with Gasteiger partial charge in [-0.3, -0.25) is 0 Å². The molecule has 15 heavy (non-hydrogen) atoms. The summed E-state index contributed by atoms with van der Waals surface area (Å²) in [4.78, 5) is 0. The highest BCUT2D eigenvalue weighted by atomic mass is 19.1. The lowest BCUT2D eigenvalue weighted by atomic mass is 10.1. The number of aromatic hydroxyl groups is 1. The van der Waals surface area contributed by atoms with E-state index in [0.717, 1.165) is 6.07 Å². The number of ether oxygens (including phenoxy) is 2. The third-order valence-electron chi connectivity index (χ3n) is 2.09. The van der Waals surface area contributed by atoms with Crippen molar-refractivity contribution < 1.29 is 19.0 Å². The van der Waals surface area contributed by atoms with Gasteiger partial charge in [-0.15, -0.1) is 0 Å². The Morgan fingerprint density at radius 2 is 2.00 bits per heavy atom. The molecule has 1 aromatic carbocycles. The number of nitrogens with two attached hydrogens (primary N) is 1. The quantitative estimate of drug-likeness (QED) is 0.803. The predicted molar refractivity (Wildman–Crippen MR) is 53.8 cm³/mol. The second-order valence-electron chi connectivity index (χ2n) is 3.14. The number of hydrogen-bond donors (Lipinski definition) is 2. The fourth-order valence-corrected chi connectivity index (χ4v) is 1.40. The minimum Gasteiger partial charge on any atom is -0.504 e. The monoisotopic (exact) mass is 215 g/mol. The van der Waals surface area contributed by atoms with E-state index in [0.29, 0.717) is 0 Å². The number of benzene rings is 1. The van der Waals surface area contributed by atoms with E-state index in [2.05, 4.69) is 0 Å². The van der Waals surface area contributed by atoms with Crippen molar-refractivity contribution >= 4 is 0 Å². The van der Waals surface area contributed by atoms with E-state index in [-0.39, 0.29) is 17.1 Å². The minimum atomic E-state index is -0.778. The lowest BCUT2D eigenvalue weighted by Crippen LogP contribution is -2.09. The summed E-state index contributed by atoms with van der Waals surface area (Å²) in [7, 11) is 2.79. The Balaban J connectivity index is 3.49. The molecular formula is C10H14FNO3. The first kappa shape index (κ1) is 11.6. The molecule has 0 aliphatic rings. The molecule has 0 saturated heterocycles. The molecule has 3 N–H and O–H groups in total. The third-order valence-corrected chi connectivity index (χ3v) is 2.09. The van der Waals surface area contributed by atoms with Crippen molar-refractivity contribution in [3.63, 3.8) is 0 Å². The van der Waals surface area contributed by atoms with Crippen molar-refractivity contribution in [3.8, 4) is 17.2 Å². The normalized spacial score (nSPS) is 12.3. The standard InChI is InChI=1S/C10H14FNO3/c1-5(12)8-9(13)6(11)4-7(14-2)10(8)15-3/h4-5,13H,12H2,1-3H3. The van der Waals surface area contributed by atoms with Gasteiger partial charge < -0.3 is 20.3 Å². The van der Waals surface area contributed by atoms with Gasteiger partial charge in [-0.1, -0.05) is 0 Å². The summed E-state index contributed by atoms with van der Waals surface area (Å²) in [5.74, 6) is -0.811. The number of hydrogen-bond acceptors (Lipinski definition) is 4. The zero-order valence-electron chi connectivity index (χ0n) is 8.87. The van der Waals surface area contributed by atoms with Crippen LogP contribution in [0.5, 0.6) is 17.2 Å². The smallest absolute Gasteiger partial charge is 0.169 e. The zero-order chi connectivity index (χ0) is 11.6. The van der Waals surface area contributed by atoms with Crippen molar-refractivity contribution in [1.29, 1.82) is 0 Å². The first-order valence-corrected chi connectivity index (χ1v) is 4.41. The zero-order valence-corrected chi connectivity index (χ0v) is 8.87. The Hall–Kier alpha value is -1.49. The van der Waals surface area contributed by atoms with Crippen LogP contribution in [0.4, 0.5) is 4.39 Å². The summed E-state index contributed by atoms with van der Waals surface area (Å²) >= 11 is 0. The summed E-state index contributed by atoms with van der Waals surface area (Å²) in [5.41, 5.74) is 5.82. The van der Waals surface area contributed by atoms with E-state index < -0.39 is 17.6 Å². The molecule has 0 aromatic heterocycles. The number of methoxy groups -OCH3 is 2. The maximum Gasteiger partial charge on any atom is 0.169 e. The molecular weight excluding hydrogens is 201 g/mol. The van der Waals surface area contributed by atoms with E-state index in [1.54, 1.807) is 6.92 Å². The van der Waals surface area contributed by atoms with Gasteiger partial charge in [-0.25, -0.2) is 4.39 Å². The Bertz CT molecular complexity index is 366. The fourth-order valence-electron chi connectivity index (χ4n) is 1.40. The largest absolute Gasteiger partial charge is 0.504 e. The van der Waals surface area contributed by atoms with Gasteiger partial charge in [0.15, 0.2) is 23.1 Å². The average Bonchev–Trinajstić information content (AvgIpc) is 2.20. The van der Waals surface area contributed by atoms with Gasteiger partial charge in [-0.05, 0) is 6.92 Å². The third kappa shape index (κ3) is 1.97. The van der Waals surface area contributed by atoms with Crippen molar-refractivity contribution in [3.05, 3.63) is 17.4 Å². The molecule has 0 radical (unpaired) electrons. The molecule has 1 rings (SSSR count). The van der Waals surface area contributed by atoms with Gasteiger partial charge in [0.25, 0.3) is 0 Å². The van der Waals surface area contributed by atoms with Gasteiger partial charge in [0, 0.05) is 12.1 Å². The first-order valence-electron chi connectivity index (χ1n) is 4.41. The van der Waals surface area contributed by atoms with Crippen LogP contribution in [0.15, 0.2) is 6.07 Å². The Morgan fingerprint density at radius 1 is 1.40 bits per heavy atom. The Morgan fingerprint density at radius 3 is 2.40 bits per heavy atom. The number of rotatable bonds is 3. The summed E-state index contributed by atoms with van der Waals surface area (Å²) in [6.45, 7) is 1.62. The number of phenols is 1. The Labute approximate surface area is 87.4 Å². The van der Waals surface area contributed by atoms with Gasteiger partial charge >= 0.3 is 0 Å². The fraction of sp³-hybridized carbons (Fsp3) is 0.400. The molecule has 5 heteroatoms. The van der Waals surface area contributed by atoms with Crippen LogP contribution in [-0.2, 0) is 0 Å². The van der Waals surface area contributed by atoms with Crippen LogP contribution < -0.4 is 15.2 Å². The van der Waals surface area contributed by atoms with Crippen molar-refractivity contribution in [2.45, 2.75) is 13.0 Å². The number of phenolic OH excluding ortho intramolecular Hbond substituents is 1. The molecule has 0 bridgehead atoms. The van der Waals surface area contributed by atoms with Gasteiger partial charge in [0.2, 0.25) is 0 Å². The van der Waals surface area contributed by atoms with E-state index in [1.807, 2.05) is 0 Å². The van der Waals surface area contributed by atoms with Crippen LogP contribution in [0, 0.1) is 5.82 Å². The van der Waals surface area contributed by atoms with Crippen molar-refractivity contribution in [1.82, 2.24) is 0 Å².